The van der Waals surface area contributed by atoms with Crippen LogP contribution in [0.25, 0.3) is 22.4 Å². The molecule has 246 valence electrons. The van der Waals surface area contributed by atoms with Crippen LogP contribution in [0.4, 0.5) is 17.5 Å². The molecular formula is C36H42ClN7O3. The standard InChI is InChI=1S/C36H42ClN7O3/c1-35(2,3)47-30(33(45)46)28-29(43-17-12-36(4,5)13-18-43)27(32(38)42-31(28)37)23-8-9-25-21-44(16-11-22(25)19-23)34-40-15-10-26(41-34)24-7-6-14-39-20-24/h6-10,14-15,19-20,30H,11-13,16-18,21H2,1-5H3,(H2,38,42)(H,45,46). The summed E-state index contributed by atoms with van der Waals surface area (Å²) in [7, 11) is 0. The van der Waals surface area contributed by atoms with Crippen molar-refractivity contribution in [2.75, 3.05) is 35.2 Å². The number of piperidine rings is 1. The van der Waals surface area contributed by atoms with Crippen molar-refractivity contribution in [3.8, 4) is 22.4 Å². The van der Waals surface area contributed by atoms with Gasteiger partial charge >= 0.3 is 5.97 Å². The predicted octanol–water partition coefficient (Wildman–Crippen LogP) is 6.97. The quantitative estimate of drug-likeness (QED) is 0.201. The van der Waals surface area contributed by atoms with Crippen LogP contribution >= 0.6 is 11.6 Å². The monoisotopic (exact) mass is 655 g/mol. The molecule has 0 radical (unpaired) electrons. The molecule has 1 unspecified atom stereocenters. The summed E-state index contributed by atoms with van der Waals surface area (Å²) in [4.78, 5) is 35.3. The smallest absolute Gasteiger partial charge is 0.337 e. The zero-order valence-electron chi connectivity index (χ0n) is 27.6. The zero-order valence-corrected chi connectivity index (χ0v) is 28.4. The van der Waals surface area contributed by atoms with E-state index in [4.69, 9.17) is 27.1 Å². The van der Waals surface area contributed by atoms with Crippen LogP contribution in [0.15, 0.2) is 55.0 Å². The molecule has 47 heavy (non-hydrogen) atoms. The average molecular weight is 656 g/mol. The number of hydrogen-bond donors (Lipinski definition) is 2. The highest BCUT2D eigenvalue weighted by molar-refractivity contribution is 6.31. The highest BCUT2D eigenvalue weighted by Gasteiger charge is 2.37. The number of benzene rings is 1. The van der Waals surface area contributed by atoms with Gasteiger partial charge < -0.3 is 25.4 Å². The van der Waals surface area contributed by atoms with Crippen LogP contribution in [0.1, 0.15) is 70.3 Å². The van der Waals surface area contributed by atoms with Gasteiger partial charge in [0.05, 0.1) is 22.5 Å². The maximum atomic E-state index is 12.8. The molecule has 0 spiro atoms. The van der Waals surface area contributed by atoms with E-state index in [1.54, 1.807) is 18.6 Å². The van der Waals surface area contributed by atoms with Crippen molar-refractivity contribution in [2.45, 2.75) is 72.1 Å². The number of ether oxygens (including phenoxy) is 1. The molecule has 0 bridgehead atoms. The third-order valence-corrected chi connectivity index (χ3v) is 9.26. The lowest BCUT2D eigenvalue weighted by atomic mass is 9.82. The van der Waals surface area contributed by atoms with Gasteiger partial charge in [0.2, 0.25) is 5.95 Å². The maximum absolute atomic E-state index is 12.8. The van der Waals surface area contributed by atoms with Crippen molar-refractivity contribution >= 4 is 35.0 Å². The number of anilines is 3. The molecule has 0 amide bonds. The molecule has 0 saturated carbocycles. The van der Waals surface area contributed by atoms with E-state index in [1.807, 2.05) is 45.0 Å². The minimum atomic E-state index is -1.33. The van der Waals surface area contributed by atoms with Gasteiger partial charge in [0.25, 0.3) is 0 Å². The van der Waals surface area contributed by atoms with Crippen molar-refractivity contribution in [2.24, 2.45) is 5.41 Å². The molecule has 1 saturated heterocycles. The summed E-state index contributed by atoms with van der Waals surface area (Å²) in [5.74, 6) is -0.194. The Morgan fingerprint density at radius 1 is 1.02 bits per heavy atom. The molecule has 1 fully saturated rings. The number of rotatable bonds is 7. The molecule has 1 atom stereocenters. The Bertz CT molecular complexity index is 1780. The Morgan fingerprint density at radius 3 is 2.47 bits per heavy atom. The lowest BCUT2D eigenvalue weighted by Gasteiger charge is -2.41. The number of hydrogen-bond acceptors (Lipinski definition) is 9. The predicted molar refractivity (Wildman–Crippen MR) is 186 cm³/mol. The highest BCUT2D eigenvalue weighted by atomic mass is 35.5. The van der Waals surface area contributed by atoms with Crippen molar-refractivity contribution in [3.63, 3.8) is 0 Å². The Balaban J connectivity index is 1.39. The SMILES string of the molecule is CC1(C)CCN(c2c(-c3ccc4c(c3)CCN(c3nccc(-c5cccnc5)n3)C4)c(N)nc(Cl)c2C(OC(C)(C)C)C(=O)O)CC1. The van der Waals surface area contributed by atoms with Gasteiger partial charge in [-0.1, -0.05) is 43.6 Å². The molecule has 0 aliphatic carbocycles. The van der Waals surface area contributed by atoms with Crippen LogP contribution in [-0.4, -0.2) is 56.2 Å². The second-order valence-electron chi connectivity index (χ2n) is 14.2. The topological polar surface area (TPSA) is 131 Å². The fourth-order valence-electron chi connectivity index (χ4n) is 6.40. The number of fused-ring (bicyclic) bond motifs is 1. The van der Waals surface area contributed by atoms with E-state index in [0.29, 0.717) is 29.3 Å². The minimum absolute atomic E-state index is 0.0462. The number of aliphatic carboxylic acids is 1. The van der Waals surface area contributed by atoms with E-state index < -0.39 is 17.7 Å². The Kier molecular flexibility index (Phi) is 8.84. The zero-order chi connectivity index (χ0) is 33.5. The van der Waals surface area contributed by atoms with Gasteiger partial charge in [-0.05, 0) is 80.3 Å². The fraction of sp³-hybridized carbons (Fsp3) is 0.417. The van der Waals surface area contributed by atoms with Crippen molar-refractivity contribution in [1.29, 1.82) is 0 Å². The van der Waals surface area contributed by atoms with Crippen LogP contribution in [0, 0.1) is 5.41 Å². The number of carbonyl (C=O) groups is 1. The summed E-state index contributed by atoms with van der Waals surface area (Å²) < 4.78 is 6.14. The van der Waals surface area contributed by atoms with E-state index in [2.05, 4.69) is 50.7 Å². The second-order valence-corrected chi connectivity index (χ2v) is 14.5. The van der Waals surface area contributed by atoms with Gasteiger partial charge in [0.15, 0.2) is 6.10 Å². The number of nitrogen functional groups attached to an aromatic ring is 1. The molecule has 6 rings (SSSR count). The summed E-state index contributed by atoms with van der Waals surface area (Å²) >= 11 is 6.79. The van der Waals surface area contributed by atoms with Crippen molar-refractivity contribution in [1.82, 2.24) is 19.9 Å². The molecule has 5 heterocycles. The molecule has 3 aromatic heterocycles. The van der Waals surface area contributed by atoms with E-state index in [-0.39, 0.29) is 16.4 Å². The fourth-order valence-corrected chi connectivity index (χ4v) is 6.68. The molecular weight excluding hydrogens is 614 g/mol. The number of nitrogens with two attached hydrogens (primary N) is 1. The van der Waals surface area contributed by atoms with E-state index in [9.17, 15) is 9.90 Å². The highest BCUT2D eigenvalue weighted by Crippen LogP contribution is 2.47. The van der Waals surface area contributed by atoms with E-state index in [0.717, 1.165) is 61.3 Å². The van der Waals surface area contributed by atoms with Crippen molar-refractivity contribution < 1.29 is 14.6 Å². The third-order valence-electron chi connectivity index (χ3n) is 8.97. The van der Waals surface area contributed by atoms with E-state index >= 15 is 0 Å². The lowest BCUT2D eigenvalue weighted by Crippen LogP contribution is -2.39. The molecule has 1 aromatic carbocycles. The van der Waals surface area contributed by atoms with Crippen LogP contribution in [0.5, 0.6) is 0 Å². The second kappa shape index (κ2) is 12.7. The first kappa shape index (κ1) is 32.7. The maximum Gasteiger partial charge on any atom is 0.337 e. The first-order valence-electron chi connectivity index (χ1n) is 16.0. The molecule has 2 aliphatic heterocycles. The first-order chi connectivity index (χ1) is 22.3. The number of carboxylic acid groups (broad SMARTS) is 1. The number of nitrogens with zero attached hydrogens (tertiary/aromatic N) is 6. The van der Waals surface area contributed by atoms with Crippen LogP contribution < -0.4 is 15.5 Å². The molecule has 3 N–H and O–H groups in total. The van der Waals surface area contributed by atoms with Gasteiger partial charge in [-0.3, -0.25) is 4.98 Å². The molecule has 10 nitrogen and oxygen atoms in total. The Hall–Kier alpha value is -4.28. The van der Waals surface area contributed by atoms with Gasteiger partial charge in [-0.25, -0.2) is 19.7 Å². The largest absolute Gasteiger partial charge is 0.479 e. The van der Waals surface area contributed by atoms with Crippen LogP contribution in [0.2, 0.25) is 5.15 Å². The van der Waals surface area contributed by atoms with Gasteiger partial charge in [-0.15, -0.1) is 0 Å². The van der Waals surface area contributed by atoms with Gasteiger partial charge in [0, 0.05) is 55.9 Å². The summed E-state index contributed by atoms with van der Waals surface area (Å²) in [6, 6.07) is 12.1. The van der Waals surface area contributed by atoms with Crippen LogP contribution in [0.3, 0.4) is 0 Å². The number of carboxylic acids is 1. The number of aromatic nitrogens is 4. The lowest BCUT2D eigenvalue weighted by molar-refractivity contribution is -0.160. The van der Waals surface area contributed by atoms with Gasteiger partial charge in [-0.2, -0.15) is 0 Å². The normalized spacial score (nSPS) is 16.9. The summed E-state index contributed by atoms with van der Waals surface area (Å²) in [5, 5.41) is 10.5. The van der Waals surface area contributed by atoms with Crippen molar-refractivity contribution in [3.05, 3.63) is 76.8 Å². The molecule has 11 heteroatoms. The first-order valence-corrected chi connectivity index (χ1v) is 16.4. The molecule has 2 aliphatic rings. The van der Waals surface area contributed by atoms with E-state index in [1.165, 1.54) is 5.56 Å². The Labute approximate surface area is 281 Å². The minimum Gasteiger partial charge on any atom is -0.479 e. The van der Waals surface area contributed by atoms with Gasteiger partial charge in [0.1, 0.15) is 11.0 Å². The van der Waals surface area contributed by atoms with Crippen LogP contribution in [-0.2, 0) is 22.5 Å². The summed E-state index contributed by atoms with van der Waals surface area (Å²) in [5.41, 5.74) is 12.8. The summed E-state index contributed by atoms with van der Waals surface area (Å²) in [6.07, 6.45) is 6.66. The third kappa shape index (κ3) is 7.04. The number of halogens is 1. The Morgan fingerprint density at radius 2 is 1.79 bits per heavy atom. The average Bonchev–Trinajstić information content (AvgIpc) is 3.03. The summed E-state index contributed by atoms with van der Waals surface area (Å²) in [6.45, 7) is 12.9. The molecule has 4 aromatic rings. The number of pyridine rings is 2.